The second kappa shape index (κ2) is 4.47. The van der Waals surface area contributed by atoms with Crippen LogP contribution in [0.15, 0.2) is 18.5 Å². The number of rotatable bonds is 2. The number of ether oxygens (including phenoxy) is 1. The van der Waals surface area contributed by atoms with E-state index in [9.17, 15) is 9.50 Å². The normalized spacial score (nSPS) is 21.7. The zero-order valence-corrected chi connectivity index (χ0v) is 9.32. The first-order chi connectivity index (χ1) is 7.60. The zero-order chi connectivity index (χ0) is 11.6. The number of pyridine rings is 1. The van der Waals surface area contributed by atoms with Gasteiger partial charge in [0, 0.05) is 25.0 Å². The highest BCUT2D eigenvalue weighted by molar-refractivity contribution is 5.19. The summed E-state index contributed by atoms with van der Waals surface area (Å²) in [7, 11) is 0. The molecule has 16 heavy (non-hydrogen) atoms. The maximum atomic E-state index is 13.1. The van der Waals surface area contributed by atoms with Crippen molar-refractivity contribution >= 4 is 0 Å². The van der Waals surface area contributed by atoms with Crippen LogP contribution in [0.5, 0.6) is 0 Å². The molecule has 0 radical (unpaired) electrons. The van der Waals surface area contributed by atoms with Gasteiger partial charge in [0.15, 0.2) is 0 Å². The molecule has 1 saturated heterocycles. The minimum absolute atomic E-state index is 0.102. The van der Waals surface area contributed by atoms with Crippen LogP contribution in [0.25, 0.3) is 0 Å². The first-order valence-electron chi connectivity index (χ1n) is 5.52. The van der Waals surface area contributed by atoms with Crippen molar-refractivity contribution in [3.63, 3.8) is 0 Å². The van der Waals surface area contributed by atoms with Gasteiger partial charge in [0.1, 0.15) is 5.82 Å². The summed E-state index contributed by atoms with van der Waals surface area (Å²) in [6.45, 7) is 3.03. The Morgan fingerprint density at radius 3 is 2.75 bits per heavy atom. The third-order valence-electron chi connectivity index (χ3n) is 3.31. The number of aliphatic hydroxyl groups is 1. The lowest BCUT2D eigenvalue weighted by Crippen LogP contribution is -2.36. The first kappa shape index (κ1) is 11.5. The van der Waals surface area contributed by atoms with E-state index in [0.717, 1.165) is 19.0 Å². The minimum atomic E-state index is -1.03. The van der Waals surface area contributed by atoms with Gasteiger partial charge in [-0.2, -0.15) is 0 Å². The molecule has 0 saturated carbocycles. The third-order valence-corrected chi connectivity index (χ3v) is 3.31. The van der Waals surface area contributed by atoms with Gasteiger partial charge in [-0.3, -0.25) is 4.98 Å². The smallest absolute Gasteiger partial charge is 0.141 e. The molecule has 0 aliphatic carbocycles. The molecule has 88 valence electrons. The quantitative estimate of drug-likeness (QED) is 0.835. The van der Waals surface area contributed by atoms with E-state index in [4.69, 9.17) is 4.74 Å². The average Bonchev–Trinajstić information content (AvgIpc) is 2.30. The summed E-state index contributed by atoms with van der Waals surface area (Å²) >= 11 is 0. The monoisotopic (exact) mass is 225 g/mol. The van der Waals surface area contributed by atoms with Crippen LogP contribution in [0.2, 0.25) is 0 Å². The number of hydrogen-bond acceptors (Lipinski definition) is 3. The molecule has 0 bridgehead atoms. The molecule has 1 fully saturated rings. The van der Waals surface area contributed by atoms with Crippen molar-refractivity contribution in [2.75, 3.05) is 13.2 Å². The molecule has 0 aromatic carbocycles. The summed E-state index contributed by atoms with van der Waals surface area (Å²) in [6.07, 6.45) is 4.26. The molecule has 1 unspecified atom stereocenters. The Morgan fingerprint density at radius 1 is 1.44 bits per heavy atom. The van der Waals surface area contributed by atoms with Gasteiger partial charge in [-0.1, -0.05) is 0 Å². The topological polar surface area (TPSA) is 42.4 Å². The largest absolute Gasteiger partial charge is 0.385 e. The lowest BCUT2D eigenvalue weighted by molar-refractivity contribution is -0.0583. The van der Waals surface area contributed by atoms with Crippen molar-refractivity contribution in [3.8, 4) is 0 Å². The summed E-state index contributed by atoms with van der Waals surface area (Å²) in [5, 5.41) is 10.5. The Morgan fingerprint density at radius 2 is 2.12 bits per heavy atom. The van der Waals surface area contributed by atoms with Crippen molar-refractivity contribution in [2.24, 2.45) is 5.92 Å². The van der Waals surface area contributed by atoms with Crippen LogP contribution in [0.3, 0.4) is 0 Å². The second-order valence-electron chi connectivity index (χ2n) is 4.43. The van der Waals surface area contributed by atoms with Crippen LogP contribution in [-0.2, 0) is 10.3 Å². The first-order valence-corrected chi connectivity index (χ1v) is 5.52. The molecule has 2 rings (SSSR count). The third kappa shape index (κ3) is 2.23. The Bertz CT molecular complexity index is 362. The SMILES string of the molecule is CC(O)(c1cncc(F)c1)C1CCOCC1. The molecular weight excluding hydrogens is 209 g/mol. The molecule has 3 nitrogen and oxygen atoms in total. The minimum Gasteiger partial charge on any atom is -0.385 e. The van der Waals surface area contributed by atoms with Gasteiger partial charge in [0.05, 0.1) is 11.8 Å². The average molecular weight is 225 g/mol. The molecular formula is C12H16FNO2. The predicted molar refractivity (Wildman–Crippen MR) is 57.3 cm³/mol. The zero-order valence-electron chi connectivity index (χ0n) is 9.32. The number of aromatic nitrogens is 1. The van der Waals surface area contributed by atoms with Crippen molar-refractivity contribution < 1.29 is 14.2 Å². The van der Waals surface area contributed by atoms with Crippen LogP contribution in [0, 0.1) is 11.7 Å². The highest BCUT2D eigenvalue weighted by atomic mass is 19.1. The van der Waals surface area contributed by atoms with Crippen molar-refractivity contribution in [3.05, 3.63) is 29.8 Å². The standard InChI is InChI=1S/C12H16FNO2/c1-12(15,9-2-4-16-5-3-9)10-6-11(13)8-14-7-10/h6-9,15H,2-5H2,1H3. The summed E-state index contributed by atoms with van der Waals surface area (Å²) in [6, 6.07) is 1.35. The van der Waals surface area contributed by atoms with E-state index < -0.39 is 11.4 Å². The van der Waals surface area contributed by atoms with Gasteiger partial charge in [-0.15, -0.1) is 0 Å². The van der Waals surface area contributed by atoms with E-state index in [-0.39, 0.29) is 5.92 Å². The Hall–Kier alpha value is -1.00. The fourth-order valence-corrected chi connectivity index (χ4v) is 2.18. The highest BCUT2D eigenvalue weighted by Crippen LogP contribution is 2.35. The maximum Gasteiger partial charge on any atom is 0.141 e. The van der Waals surface area contributed by atoms with E-state index in [1.54, 1.807) is 6.92 Å². The highest BCUT2D eigenvalue weighted by Gasteiger charge is 2.35. The van der Waals surface area contributed by atoms with Gasteiger partial charge in [-0.05, 0) is 31.7 Å². The summed E-state index contributed by atoms with van der Waals surface area (Å²) in [5.41, 5.74) is -0.488. The Labute approximate surface area is 94.3 Å². The number of halogens is 1. The Balaban J connectivity index is 2.22. The fourth-order valence-electron chi connectivity index (χ4n) is 2.18. The Kier molecular flexibility index (Phi) is 3.21. The molecule has 2 heterocycles. The summed E-state index contributed by atoms with van der Waals surface area (Å²) < 4.78 is 18.3. The van der Waals surface area contributed by atoms with Gasteiger partial charge >= 0.3 is 0 Å². The van der Waals surface area contributed by atoms with Crippen molar-refractivity contribution in [2.45, 2.75) is 25.4 Å². The van der Waals surface area contributed by atoms with Gasteiger partial charge in [0.2, 0.25) is 0 Å². The van der Waals surface area contributed by atoms with E-state index in [2.05, 4.69) is 4.98 Å². The second-order valence-corrected chi connectivity index (χ2v) is 4.43. The molecule has 4 heteroatoms. The molecule has 1 aromatic heterocycles. The number of hydrogen-bond donors (Lipinski definition) is 1. The van der Waals surface area contributed by atoms with Crippen LogP contribution < -0.4 is 0 Å². The van der Waals surface area contributed by atoms with Crippen LogP contribution >= 0.6 is 0 Å². The van der Waals surface area contributed by atoms with Gasteiger partial charge in [-0.25, -0.2) is 4.39 Å². The molecule has 1 atom stereocenters. The fraction of sp³-hybridized carbons (Fsp3) is 0.583. The van der Waals surface area contributed by atoms with E-state index in [0.29, 0.717) is 18.8 Å². The van der Waals surface area contributed by atoms with Crippen LogP contribution in [-0.4, -0.2) is 23.3 Å². The van der Waals surface area contributed by atoms with Crippen LogP contribution in [0.1, 0.15) is 25.3 Å². The molecule has 1 aliphatic heterocycles. The van der Waals surface area contributed by atoms with Crippen LogP contribution in [0.4, 0.5) is 4.39 Å². The van der Waals surface area contributed by atoms with Gasteiger partial charge in [0.25, 0.3) is 0 Å². The van der Waals surface area contributed by atoms with Crippen molar-refractivity contribution in [1.82, 2.24) is 4.98 Å². The van der Waals surface area contributed by atoms with E-state index in [1.807, 2.05) is 0 Å². The summed E-state index contributed by atoms with van der Waals surface area (Å²) in [4.78, 5) is 3.78. The molecule has 0 spiro atoms. The lowest BCUT2D eigenvalue weighted by atomic mass is 9.79. The lowest BCUT2D eigenvalue weighted by Gasteiger charge is -2.35. The molecule has 0 amide bonds. The van der Waals surface area contributed by atoms with Gasteiger partial charge < -0.3 is 9.84 Å². The molecule has 1 aliphatic rings. The predicted octanol–water partition coefficient (Wildman–Crippen LogP) is 1.85. The maximum absolute atomic E-state index is 13.1. The van der Waals surface area contributed by atoms with E-state index >= 15 is 0 Å². The van der Waals surface area contributed by atoms with Crippen molar-refractivity contribution in [1.29, 1.82) is 0 Å². The molecule has 1 N–H and O–H groups in total. The van der Waals surface area contributed by atoms with E-state index in [1.165, 1.54) is 12.3 Å². The number of nitrogens with zero attached hydrogens (tertiary/aromatic N) is 1. The summed E-state index contributed by atoms with van der Waals surface area (Å²) in [5.74, 6) is -0.310. The molecule has 1 aromatic rings.